The Labute approximate surface area is 144 Å². The largest absolute Gasteiger partial charge is 0.326 e. The van der Waals surface area contributed by atoms with Gasteiger partial charge in [-0.05, 0) is 42.0 Å². The van der Waals surface area contributed by atoms with E-state index in [2.05, 4.69) is 10.0 Å². The molecule has 0 bridgehead atoms. The molecule has 0 aliphatic rings. The second-order valence-corrected chi connectivity index (χ2v) is 7.47. The molecule has 2 N–H and O–H groups in total. The second-order valence-electron chi connectivity index (χ2n) is 5.25. The Morgan fingerprint density at radius 3 is 2.25 bits per heavy atom. The summed E-state index contributed by atoms with van der Waals surface area (Å²) in [6.07, 6.45) is 0.863. The normalized spacial score (nSPS) is 12.6. The van der Waals surface area contributed by atoms with Gasteiger partial charge in [0.05, 0.1) is 12.3 Å². The van der Waals surface area contributed by atoms with Gasteiger partial charge in [0.2, 0.25) is 15.9 Å². The number of hydrogen-bond acceptors (Lipinski definition) is 3. The van der Waals surface area contributed by atoms with Crippen LogP contribution in [0.2, 0.25) is 5.02 Å². The number of benzene rings is 2. The molecule has 24 heavy (non-hydrogen) atoms. The molecule has 0 spiro atoms. The SMILES string of the molecule is CS(=O)(=O)N[C@H](CC(=O)Nc1ccc(Cl)cc1)c1ccc(F)cc1. The van der Waals surface area contributed by atoms with Crippen molar-refractivity contribution in [1.29, 1.82) is 0 Å². The first kappa shape index (κ1) is 18.4. The van der Waals surface area contributed by atoms with Gasteiger partial charge in [-0.1, -0.05) is 23.7 Å². The van der Waals surface area contributed by atoms with Gasteiger partial charge in [-0.3, -0.25) is 4.79 Å². The van der Waals surface area contributed by atoms with Crippen LogP contribution < -0.4 is 10.0 Å². The van der Waals surface area contributed by atoms with Gasteiger partial charge in [-0.25, -0.2) is 17.5 Å². The van der Waals surface area contributed by atoms with Crippen molar-refractivity contribution in [2.75, 3.05) is 11.6 Å². The summed E-state index contributed by atoms with van der Waals surface area (Å²) >= 11 is 5.78. The molecule has 1 atom stereocenters. The fraction of sp³-hybridized carbons (Fsp3) is 0.188. The van der Waals surface area contributed by atoms with Crippen molar-refractivity contribution in [2.45, 2.75) is 12.5 Å². The molecule has 0 fully saturated rings. The molecule has 0 saturated carbocycles. The predicted octanol–water partition coefficient (Wildman–Crippen LogP) is 3.10. The van der Waals surface area contributed by atoms with Crippen molar-refractivity contribution < 1.29 is 17.6 Å². The molecule has 0 aliphatic carbocycles. The fourth-order valence-corrected chi connectivity index (χ4v) is 2.97. The number of anilines is 1. The zero-order chi connectivity index (χ0) is 17.7. The van der Waals surface area contributed by atoms with E-state index in [0.29, 0.717) is 16.3 Å². The summed E-state index contributed by atoms with van der Waals surface area (Å²) in [4.78, 5) is 12.2. The van der Waals surface area contributed by atoms with Crippen LogP contribution in [-0.2, 0) is 14.8 Å². The molecule has 0 unspecified atom stereocenters. The van der Waals surface area contributed by atoms with Crippen molar-refractivity contribution >= 4 is 33.2 Å². The molecule has 128 valence electrons. The minimum Gasteiger partial charge on any atom is -0.326 e. The zero-order valence-electron chi connectivity index (χ0n) is 12.8. The molecule has 2 aromatic rings. The van der Waals surface area contributed by atoms with E-state index < -0.39 is 21.9 Å². The lowest BCUT2D eigenvalue weighted by Crippen LogP contribution is -2.30. The Bertz CT molecular complexity index is 808. The van der Waals surface area contributed by atoms with Gasteiger partial charge in [0.1, 0.15) is 5.82 Å². The number of carbonyl (C=O) groups is 1. The maximum absolute atomic E-state index is 13.0. The quantitative estimate of drug-likeness (QED) is 0.820. The highest BCUT2D eigenvalue weighted by molar-refractivity contribution is 7.88. The zero-order valence-corrected chi connectivity index (χ0v) is 14.4. The van der Waals surface area contributed by atoms with E-state index in [1.54, 1.807) is 24.3 Å². The first-order valence-electron chi connectivity index (χ1n) is 7.01. The van der Waals surface area contributed by atoms with Crippen molar-refractivity contribution in [2.24, 2.45) is 0 Å². The van der Waals surface area contributed by atoms with Crippen molar-refractivity contribution in [3.63, 3.8) is 0 Å². The first-order valence-corrected chi connectivity index (χ1v) is 9.28. The van der Waals surface area contributed by atoms with Crippen LogP contribution in [0.15, 0.2) is 48.5 Å². The van der Waals surface area contributed by atoms with Crippen molar-refractivity contribution in [3.8, 4) is 0 Å². The standard InChI is InChI=1S/C16H16ClFN2O3S/c1-24(22,23)20-15(11-2-6-13(18)7-3-11)10-16(21)19-14-8-4-12(17)5-9-14/h2-9,15,20H,10H2,1H3,(H,19,21)/t15-/m1/s1. The maximum Gasteiger partial charge on any atom is 0.226 e. The summed E-state index contributed by atoms with van der Waals surface area (Å²) in [6.45, 7) is 0. The molecule has 0 aliphatic heterocycles. The molecule has 0 aromatic heterocycles. The maximum atomic E-state index is 13.0. The van der Waals surface area contributed by atoms with Crippen molar-refractivity contribution in [3.05, 3.63) is 64.9 Å². The van der Waals surface area contributed by atoms with Gasteiger partial charge in [0.25, 0.3) is 0 Å². The number of hydrogen-bond donors (Lipinski definition) is 2. The van der Waals surface area contributed by atoms with Crippen LogP contribution in [0.4, 0.5) is 10.1 Å². The summed E-state index contributed by atoms with van der Waals surface area (Å²) in [7, 11) is -3.55. The van der Waals surface area contributed by atoms with E-state index >= 15 is 0 Å². The summed E-state index contributed by atoms with van der Waals surface area (Å²) in [6, 6.07) is 11.0. The Morgan fingerprint density at radius 1 is 1.12 bits per heavy atom. The van der Waals surface area contributed by atoms with E-state index in [9.17, 15) is 17.6 Å². The van der Waals surface area contributed by atoms with E-state index in [1.807, 2.05) is 0 Å². The van der Waals surface area contributed by atoms with Gasteiger partial charge in [-0.2, -0.15) is 0 Å². The van der Waals surface area contributed by atoms with E-state index in [1.165, 1.54) is 24.3 Å². The summed E-state index contributed by atoms with van der Waals surface area (Å²) in [5, 5.41) is 3.20. The van der Waals surface area contributed by atoms with Crippen LogP contribution in [0.1, 0.15) is 18.0 Å². The molecule has 8 heteroatoms. The fourth-order valence-electron chi connectivity index (χ4n) is 2.11. The highest BCUT2D eigenvalue weighted by Gasteiger charge is 2.20. The third kappa shape index (κ3) is 5.92. The van der Waals surface area contributed by atoms with Crippen LogP contribution in [0.5, 0.6) is 0 Å². The number of sulfonamides is 1. The summed E-state index contributed by atoms with van der Waals surface area (Å²) < 4.78 is 38.5. The third-order valence-corrected chi connectivity index (χ3v) is 4.11. The van der Waals surface area contributed by atoms with Crippen LogP contribution >= 0.6 is 11.6 Å². The highest BCUT2D eigenvalue weighted by Crippen LogP contribution is 2.20. The molecular formula is C16H16ClFN2O3S. The highest BCUT2D eigenvalue weighted by atomic mass is 35.5. The van der Waals surface area contributed by atoms with E-state index in [-0.39, 0.29) is 12.3 Å². The van der Waals surface area contributed by atoms with Gasteiger partial charge < -0.3 is 5.32 Å². The number of rotatable bonds is 6. The molecular weight excluding hydrogens is 355 g/mol. The number of carbonyl (C=O) groups excluding carboxylic acids is 1. The minimum absolute atomic E-state index is 0.138. The van der Waals surface area contributed by atoms with E-state index in [0.717, 1.165) is 6.26 Å². The molecule has 0 heterocycles. The number of nitrogens with one attached hydrogen (secondary N) is 2. The lowest BCUT2D eigenvalue weighted by Gasteiger charge is -2.18. The molecule has 0 radical (unpaired) electrons. The lowest BCUT2D eigenvalue weighted by atomic mass is 10.0. The Hall–Kier alpha value is -1.96. The van der Waals surface area contributed by atoms with Crippen LogP contribution in [-0.4, -0.2) is 20.6 Å². The summed E-state index contributed by atoms with van der Waals surface area (Å²) in [5.74, 6) is -0.828. The Morgan fingerprint density at radius 2 is 1.71 bits per heavy atom. The average Bonchev–Trinajstić information content (AvgIpc) is 2.48. The molecule has 0 saturated heterocycles. The number of halogens is 2. The lowest BCUT2D eigenvalue weighted by molar-refractivity contribution is -0.116. The monoisotopic (exact) mass is 370 g/mol. The second kappa shape index (κ2) is 7.74. The first-order chi connectivity index (χ1) is 11.2. The van der Waals surface area contributed by atoms with E-state index in [4.69, 9.17) is 11.6 Å². The average molecular weight is 371 g/mol. The molecule has 1 amide bonds. The molecule has 5 nitrogen and oxygen atoms in total. The number of amides is 1. The predicted molar refractivity (Wildman–Crippen MR) is 91.8 cm³/mol. The third-order valence-electron chi connectivity index (χ3n) is 3.15. The van der Waals surface area contributed by atoms with Gasteiger partial charge in [-0.15, -0.1) is 0 Å². The topological polar surface area (TPSA) is 75.3 Å². The summed E-state index contributed by atoms with van der Waals surface area (Å²) in [5.41, 5.74) is 1.04. The Kier molecular flexibility index (Phi) is 5.93. The molecule has 2 rings (SSSR count). The molecule has 2 aromatic carbocycles. The smallest absolute Gasteiger partial charge is 0.226 e. The van der Waals surface area contributed by atoms with Gasteiger partial charge in [0, 0.05) is 17.1 Å². The van der Waals surface area contributed by atoms with Crippen molar-refractivity contribution in [1.82, 2.24) is 4.72 Å². The van der Waals surface area contributed by atoms with Crippen LogP contribution in [0.3, 0.4) is 0 Å². The van der Waals surface area contributed by atoms with Gasteiger partial charge >= 0.3 is 0 Å². The minimum atomic E-state index is -3.55. The van der Waals surface area contributed by atoms with Crippen LogP contribution in [0.25, 0.3) is 0 Å². The van der Waals surface area contributed by atoms with Gasteiger partial charge in [0.15, 0.2) is 0 Å². The van der Waals surface area contributed by atoms with Crippen LogP contribution in [0, 0.1) is 5.82 Å². The Balaban J connectivity index is 2.13.